The number of pyridine rings is 1. The maximum Gasteiger partial charge on any atom is 0.128 e. The Kier molecular flexibility index (Phi) is 5.96. The Morgan fingerprint density at radius 2 is 2.03 bits per heavy atom. The fraction of sp³-hybridized carbons (Fsp3) is 0.167. The Bertz CT molecular complexity index is 1080. The van der Waals surface area contributed by atoms with E-state index in [-0.39, 0.29) is 12.4 Å². The summed E-state index contributed by atoms with van der Waals surface area (Å²) < 4.78 is 14.1. The van der Waals surface area contributed by atoms with Crippen molar-refractivity contribution in [3.8, 4) is 0 Å². The number of allylic oxidation sites excluding steroid dienone is 3. The number of aromatic nitrogens is 1. The normalized spacial score (nSPS) is 14.5. The van der Waals surface area contributed by atoms with Gasteiger partial charge in [0, 0.05) is 27.6 Å². The number of aryl methyl sites for hydroxylation is 1. The molecule has 0 saturated carbocycles. The molecule has 5 heteroatoms. The molecule has 0 aliphatic heterocycles. The number of thiophene rings is 1. The Hall–Kier alpha value is -3.05. The second-order valence-electron chi connectivity index (χ2n) is 6.87. The zero-order chi connectivity index (χ0) is 20.1. The average Bonchev–Trinajstić information content (AvgIpc) is 3.00. The van der Waals surface area contributed by atoms with Crippen molar-refractivity contribution in [3.05, 3.63) is 105 Å². The fourth-order valence-corrected chi connectivity index (χ4v) is 4.46. The molecule has 3 aromatic rings. The molecule has 0 amide bonds. The number of hydrogen-bond donors (Lipinski definition) is 1. The quantitative estimate of drug-likeness (QED) is 0.463. The van der Waals surface area contributed by atoms with E-state index in [2.05, 4.69) is 22.5 Å². The van der Waals surface area contributed by atoms with Gasteiger partial charge in [0.1, 0.15) is 5.82 Å². The zero-order valence-corrected chi connectivity index (χ0v) is 16.8. The summed E-state index contributed by atoms with van der Waals surface area (Å²) in [5.74, 6) is -0.246. The molecular formula is C24H22FN3S. The standard InChI is InChI=1S/C24H22FN3S/c25-20-10-5-4-8-17(20)15-28-23(14-21(26)22-11-6-7-13-27-22)19-16-29-24-12-3-1-2-9-18(19)24/h1-2,4-8,10-11,13-14,16H,3,9,12,15,26H2. The van der Waals surface area contributed by atoms with Crippen molar-refractivity contribution in [2.75, 3.05) is 0 Å². The van der Waals surface area contributed by atoms with E-state index in [9.17, 15) is 4.39 Å². The third-order valence-electron chi connectivity index (χ3n) is 4.91. The number of nitrogens with two attached hydrogens (primary N) is 1. The van der Waals surface area contributed by atoms with Crippen molar-refractivity contribution in [2.45, 2.75) is 25.8 Å². The molecule has 0 unspecified atom stereocenters. The number of aliphatic imine (C=N–C) groups is 1. The lowest BCUT2D eigenvalue weighted by Crippen LogP contribution is -2.07. The van der Waals surface area contributed by atoms with Gasteiger partial charge in [-0.25, -0.2) is 4.39 Å². The van der Waals surface area contributed by atoms with Crippen molar-refractivity contribution >= 4 is 22.7 Å². The van der Waals surface area contributed by atoms with E-state index in [0.29, 0.717) is 17.0 Å². The Morgan fingerprint density at radius 3 is 2.86 bits per heavy atom. The lowest BCUT2D eigenvalue weighted by Gasteiger charge is -2.08. The SMILES string of the molecule is NC(=CC(=NCc1ccccc1F)c1csc2c1CC=CCC2)c1ccccn1. The minimum absolute atomic E-state index is 0.246. The molecule has 1 aliphatic carbocycles. The van der Waals surface area contributed by atoms with Crippen LogP contribution in [0.25, 0.3) is 5.70 Å². The fourth-order valence-electron chi connectivity index (χ4n) is 3.36. The van der Waals surface area contributed by atoms with Gasteiger partial charge in [0.15, 0.2) is 0 Å². The summed E-state index contributed by atoms with van der Waals surface area (Å²) in [7, 11) is 0. The molecule has 0 spiro atoms. The first-order chi connectivity index (χ1) is 14.2. The molecule has 0 radical (unpaired) electrons. The van der Waals surface area contributed by atoms with E-state index in [1.165, 1.54) is 16.5 Å². The maximum atomic E-state index is 14.1. The molecule has 146 valence electrons. The van der Waals surface area contributed by atoms with Crippen LogP contribution in [0.15, 0.2) is 77.3 Å². The minimum atomic E-state index is -0.246. The lowest BCUT2D eigenvalue weighted by atomic mass is 10.0. The van der Waals surface area contributed by atoms with E-state index < -0.39 is 0 Å². The predicted molar refractivity (Wildman–Crippen MR) is 119 cm³/mol. The smallest absolute Gasteiger partial charge is 0.128 e. The van der Waals surface area contributed by atoms with E-state index in [1.54, 1.807) is 29.7 Å². The first-order valence-corrected chi connectivity index (χ1v) is 10.5. The second-order valence-corrected chi connectivity index (χ2v) is 7.84. The summed E-state index contributed by atoms with van der Waals surface area (Å²) in [5, 5.41) is 2.15. The Labute approximate surface area is 174 Å². The Morgan fingerprint density at radius 1 is 1.17 bits per heavy atom. The number of nitrogens with zero attached hydrogens (tertiary/aromatic N) is 2. The molecule has 0 bridgehead atoms. The van der Waals surface area contributed by atoms with Gasteiger partial charge in [-0.2, -0.15) is 0 Å². The van der Waals surface area contributed by atoms with Crippen LogP contribution < -0.4 is 5.73 Å². The molecule has 2 heterocycles. The molecule has 0 saturated heterocycles. The van der Waals surface area contributed by atoms with Crippen LogP contribution in [0, 0.1) is 5.82 Å². The third-order valence-corrected chi connectivity index (χ3v) is 6.00. The van der Waals surface area contributed by atoms with Crippen LogP contribution in [-0.2, 0) is 19.4 Å². The van der Waals surface area contributed by atoms with Gasteiger partial charge < -0.3 is 5.73 Å². The van der Waals surface area contributed by atoms with Crippen molar-refractivity contribution in [2.24, 2.45) is 10.7 Å². The Balaban J connectivity index is 1.75. The van der Waals surface area contributed by atoms with Gasteiger partial charge in [-0.1, -0.05) is 36.4 Å². The van der Waals surface area contributed by atoms with E-state index in [1.807, 2.05) is 30.3 Å². The zero-order valence-electron chi connectivity index (χ0n) is 16.0. The number of fused-ring (bicyclic) bond motifs is 1. The van der Waals surface area contributed by atoms with Crippen LogP contribution in [0.4, 0.5) is 4.39 Å². The predicted octanol–water partition coefficient (Wildman–Crippen LogP) is 5.32. The summed E-state index contributed by atoms with van der Waals surface area (Å²) in [6, 6.07) is 12.4. The topological polar surface area (TPSA) is 51.3 Å². The highest BCUT2D eigenvalue weighted by molar-refractivity contribution is 7.10. The number of halogens is 1. The molecule has 1 aromatic carbocycles. The lowest BCUT2D eigenvalue weighted by molar-refractivity contribution is 0.611. The first kappa shape index (κ1) is 19.3. The van der Waals surface area contributed by atoms with Crippen LogP contribution in [0.1, 0.15) is 33.7 Å². The van der Waals surface area contributed by atoms with Gasteiger partial charge >= 0.3 is 0 Å². The first-order valence-electron chi connectivity index (χ1n) is 9.63. The van der Waals surface area contributed by atoms with Crippen LogP contribution >= 0.6 is 11.3 Å². The maximum absolute atomic E-state index is 14.1. The molecular weight excluding hydrogens is 381 g/mol. The van der Waals surface area contributed by atoms with Crippen LogP contribution in [0.3, 0.4) is 0 Å². The van der Waals surface area contributed by atoms with Crippen LogP contribution in [-0.4, -0.2) is 10.7 Å². The molecule has 4 rings (SSSR count). The number of benzene rings is 1. The highest BCUT2D eigenvalue weighted by Crippen LogP contribution is 2.29. The molecule has 3 nitrogen and oxygen atoms in total. The minimum Gasteiger partial charge on any atom is -0.397 e. The second kappa shape index (κ2) is 8.97. The van der Waals surface area contributed by atoms with Crippen LogP contribution in [0.5, 0.6) is 0 Å². The summed E-state index contributed by atoms with van der Waals surface area (Å²) in [6.07, 6.45) is 11.0. The summed E-state index contributed by atoms with van der Waals surface area (Å²) in [5.41, 5.74) is 11.3. The van der Waals surface area contributed by atoms with Gasteiger partial charge in [-0.3, -0.25) is 9.98 Å². The molecule has 0 atom stereocenters. The van der Waals surface area contributed by atoms with E-state index >= 15 is 0 Å². The van der Waals surface area contributed by atoms with Gasteiger partial charge in [-0.05, 0) is 49.1 Å². The summed E-state index contributed by atoms with van der Waals surface area (Å²) in [6.45, 7) is 0.258. The van der Waals surface area contributed by atoms with Gasteiger partial charge in [0.2, 0.25) is 0 Å². The highest BCUT2D eigenvalue weighted by atomic mass is 32.1. The van der Waals surface area contributed by atoms with Crippen molar-refractivity contribution < 1.29 is 4.39 Å². The molecule has 1 aliphatic rings. The summed E-state index contributed by atoms with van der Waals surface area (Å²) in [4.78, 5) is 10.5. The monoisotopic (exact) mass is 403 g/mol. The van der Waals surface area contributed by atoms with E-state index in [0.717, 1.165) is 30.5 Å². The van der Waals surface area contributed by atoms with Gasteiger partial charge in [0.05, 0.1) is 23.6 Å². The molecule has 29 heavy (non-hydrogen) atoms. The summed E-state index contributed by atoms with van der Waals surface area (Å²) >= 11 is 1.76. The molecule has 2 N–H and O–H groups in total. The van der Waals surface area contributed by atoms with Crippen molar-refractivity contribution in [1.82, 2.24) is 4.98 Å². The van der Waals surface area contributed by atoms with Crippen molar-refractivity contribution in [1.29, 1.82) is 0 Å². The van der Waals surface area contributed by atoms with E-state index in [4.69, 9.17) is 10.7 Å². The van der Waals surface area contributed by atoms with Gasteiger partial charge in [-0.15, -0.1) is 11.3 Å². The largest absolute Gasteiger partial charge is 0.397 e. The molecule has 2 aromatic heterocycles. The van der Waals surface area contributed by atoms with Crippen molar-refractivity contribution in [3.63, 3.8) is 0 Å². The third kappa shape index (κ3) is 4.51. The van der Waals surface area contributed by atoms with Gasteiger partial charge in [0.25, 0.3) is 0 Å². The highest BCUT2D eigenvalue weighted by Gasteiger charge is 2.16. The average molecular weight is 404 g/mol. The number of rotatable bonds is 5. The molecule has 0 fully saturated rings. The number of hydrogen-bond acceptors (Lipinski definition) is 4. The van der Waals surface area contributed by atoms with Crippen LogP contribution in [0.2, 0.25) is 0 Å².